The van der Waals surface area contributed by atoms with Crippen LogP contribution in [0, 0.1) is 0 Å². The third-order valence-corrected chi connectivity index (χ3v) is 2.34. The van der Waals surface area contributed by atoms with Gasteiger partial charge in [-0.15, -0.1) is 12.2 Å². The van der Waals surface area contributed by atoms with E-state index in [1.807, 2.05) is 12.1 Å². The molecule has 32 valence electrons. The molecule has 6 heavy (non-hydrogen) atoms. The van der Waals surface area contributed by atoms with Crippen molar-refractivity contribution in [2.45, 2.75) is 0 Å². The molecule has 0 unspecified atom stereocenters. The average Bonchev–Trinajstić information content (AvgIpc) is 1.86. The van der Waals surface area contributed by atoms with Gasteiger partial charge in [-0.25, -0.2) is 0 Å². The summed E-state index contributed by atoms with van der Waals surface area (Å²) in [6.07, 6.45) is 0. The maximum atomic E-state index is 4.18. The van der Waals surface area contributed by atoms with Crippen molar-refractivity contribution in [3.05, 3.63) is 23.7 Å². The molecule has 1 rings (SSSR count). The molecule has 0 atom stereocenters. The molecule has 0 bridgehead atoms. The standard InChI is InChI=1S/C4H5PS/c6-5-3-1-2-4-5/h1-4,6H. The molecule has 0 N–H and O–H groups in total. The maximum absolute atomic E-state index is 4.18. The molecule has 0 spiro atoms. The Balaban J connectivity index is 3.05. The minimum atomic E-state index is -0.132. The van der Waals surface area contributed by atoms with Crippen LogP contribution in [0.2, 0.25) is 0 Å². The fraction of sp³-hybridized carbons (Fsp3) is 0. The van der Waals surface area contributed by atoms with Gasteiger partial charge in [0.1, 0.15) is 0 Å². The Kier molecular flexibility index (Phi) is 1.23. The zero-order valence-corrected chi connectivity index (χ0v) is 4.99. The van der Waals surface area contributed by atoms with Gasteiger partial charge in [0.25, 0.3) is 0 Å². The highest BCUT2D eigenvalue weighted by Gasteiger charge is 1.73. The van der Waals surface area contributed by atoms with Crippen LogP contribution in [0.3, 0.4) is 0 Å². The summed E-state index contributed by atoms with van der Waals surface area (Å²) in [6.45, 7) is -0.132. The van der Waals surface area contributed by atoms with Gasteiger partial charge in [-0.2, -0.15) is 0 Å². The first kappa shape index (κ1) is 4.29. The molecule has 0 aliphatic heterocycles. The molecule has 0 amide bonds. The van der Waals surface area contributed by atoms with Gasteiger partial charge in [0, 0.05) is 0 Å². The molecule has 0 saturated carbocycles. The molecule has 1 aromatic rings. The van der Waals surface area contributed by atoms with Crippen LogP contribution in [0.15, 0.2) is 23.7 Å². The molecule has 0 fully saturated rings. The summed E-state index contributed by atoms with van der Waals surface area (Å²) >= 11 is 4.18. The molecule has 1 aromatic heterocycles. The molecule has 0 saturated heterocycles. The van der Waals surface area contributed by atoms with Crippen molar-refractivity contribution in [1.82, 2.24) is 0 Å². The third-order valence-electron chi connectivity index (χ3n) is 0.589. The minimum absolute atomic E-state index is 0.132. The summed E-state index contributed by atoms with van der Waals surface area (Å²) in [4.78, 5) is 0. The van der Waals surface area contributed by atoms with Crippen molar-refractivity contribution in [2.24, 2.45) is 0 Å². The number of thiol groups is 1. The first-order valence-corrected chi connectivity index (χ1v) is 4.35. The van der Waals surface area contributed by atoms with Crippen molar-refractivity contribution in [3.63, 3.8) is 0 Å². The molecule has 2 heteroatoms. The summed E-state index contributed by atoms with van der Waals surface area (Å²) in [7, 11) is 0. The van der Waals surface area contributed by atoms with Gasteiger partial charge >= 0.3 is 0 Å². The summed E-state index contributed by atoms with van der Waals surface area (Å²) in [5.41, 5.74) is 0. The predicted octanol–water partition coefficient (Wildman–Crippen LogP) is 2.37. The molecule has 0 nitrogen and oxygen atoms in total. The predicted molar refractivity (Wildman–Crippen MR) is 33.5 cm³/mol. The second-order valence-electron chi connectivity index (χ2n) is 1.06. The normalized spacial score (nSPS) is 8.83. The van der Waals surface area contributed by atoms with Gasteiger partial charge < -0.3 is 0 Å². The molecule has 0 aliphatic rings. The second kappa shape index (κ2) is 1.72. The van der Waals surface area contributed by atoms with Gasteiger partial charge in [0.05, 0.1) is 0 Å². The van der Waals surface area contributed by atoms with Crippen molar-refractivity contribution in [2.75, 3.05) is 0 Å². The fourth-order valence-corrected chi connectivity index (χ4v) is 1.44. The Morgan fingerprint density at radius 2 is 1.67 bits per heavy atom. The van der Waals surface area contributed by atoms with E-state index in [-0.39, 0.29) is 6.74 Å². The smallest absolute Gasteiger partial charge is 0.0329 e. The molecular formula is C4H5PS. The quantitative estimate of drug-likeness (QED) is 0.494. The number of hydrogen-bond acceptors (Lipinski definition) is 1. The van der Waals surface area contributed by atoms with Crippen molar-refractivity contribution in [1.29, 1.82) is 0 Å². The lowest BCUT2D eigenvalue weighted by Gasteiger charge is -1.68. The molecular weight excluding hydrogens is 111 g/mol. The Labute approximate surface area is 43.4 Å². The summed E-state index contributed by atoms with van der Waals surface area (Å²) in [6, 6.07) is 4.05. The van der Waals surface area contributed by atoms with E-state index in [2.05, 4.69) is 23.8 Å². The highest BCUT2D eigenvalue weighted by Crippen LogP contribution is 2.29. The Morgan fingerprint density at radius 3 is 1.83 bits per heavy atom. The lowest BCUT2D eigenvalue weighted by atomic mass is 10.7. The van der Waals surface area contributed by atoms with Crippen LogP contribution in [-0.2, 0) is 0 Å². The Bertz CT molecular complexity index is 111. The van der Waals surface area contributed by atoms with E-state index in [0.29, 0.717) is 0 Å². The topological polar surface area (TPSA) is 0 Å². The van der Waals surface area contributed by atoms with Crippen molar-refractivity contribution >= 4 is 19.0 Å². The van der Waals surface area contributed by atoms with E-state index < -0.39 is 0 Å². The summed E-state index contributed by atoms with van der Waals surface area (Å²) < 4.78 is 0. The highest BCUT2D eigenvalue weighted by atomic mass is 32.7. The van der Waals surface area contributed by atoms with E-state index >= 15 is 0 Å². The second-order valence-corrected chi connectivity index (χ2v) is 3.81. The summed E-state index contributed by atoms with van der Waals surface area (Å²) in [5, 5.41) is 0. The van der Waals surface area contributed by atoms with E-state index in [1.54, 1.807) is 0 Å². The fourth-order valence-electron chi connectivity index (χ4n) is 0.325. The van der Waals surface area contributed by atoms with Gasteiger partial charge in [-0.3, -0.25) is 0 Å². The lowest BCUT2D eigenvalue weighted by molar-refractivity contribution is 2.03. The van der Waals surface area contributed by atoms with Crippen molar-refractivity contribution < 1.29 is 0 Å². The van der Waals surface area contributed by atoms with Crippen LogP contribution < -0.4 is 0 Å². The first-order valence-electron chi connectivity index (χ1n) is 1.72. The zero-order chi connectivity index (χ0) is 4.41. The van der Waals surface area contributed by atoms with Crippen LogP contribution >= 0.6 is 19.0 Å². The third kappa shape index (κ3) is 0.796. The first-order chi connectivity index (χ1) is 2.89. The average molecular weight is 116 g/mol. The van der Waals surface area contributed by atoms with Crippen LogP contribution in [0.4, 0.5) is 0 Å². The zero-order valence-electron chi connectivity index (χ0n) is 3.20. The largest absolute Gasteiger partial charge is 0.124 e. The van der Waals surface area contributed by atoms with Gasteiger partial charge in [-0.05, 0) is 11.6 Å². The van der Waals surface area contributed by atoms with Gasteiger partial charge in [-0.1, -0.05) is 18.9 Å². The lowest BCUT2D eigenvalue weighted by Crippen LogP contribution is -1.16. The molecule has 0 aromatic carbocycles. The van der Waals surface area contributed by atoms with Crippen LogP contribution in [0.25, 0.3) is 0 Å². The molecule has 1 heterocycles. The molecule has 0 radical (unpaired) electrons. The Hall–Kier alpha value is 0.130. The maximum Gasteiger partial charge on any atom is -0.0329 e. The SMILES string of the molecule is Sp1cccc1. The van der Waals surface area contributed by atoms with E-state index in [4.69, 9.17) is 0 Å². The minimum Gasteiger partial charge on any atom is -0.124 e. The Morgan fingerprint density at radius 1 is 1.17 bits per heavy atom. The summed E-state index contributed by atoms with van der Waals surface area (Å²) in [5.74, 6) is 4.19. The van der Waals surface area contributed by atoms with Crippen LogP contribution in [0.5, 0.6) is 0 Å². The number of hydrogen-bond donors (Lipinski definition) is 1. The van der Waals surface area contributed by atoms with Gasteiger partial charge in [0.2, 0.25) is 0 Å². The van der Waals surface area contributed by atoms with E-state index in [1.165, 1.54) is 0 Å². The van der Waals surface area contributed by atoms with Crippen LogP contribution in [-0.4, -0.2) is 0 Å². The van der Waals surface area contributed by atoms with Crippen molar-refractivity contribution in [3.8, 4) is 0 Å². The number of rotatable bonds is 0. The monoisotopic (exact) mass is 116 g/mol. The molecule has 0 aliphatic carbocycles. The van der Waals surface area contributed by atoms with E-state index in [9.17, 15) is 0 Å². The van der Waals surface area contributed by atoms with E-state index in [0.717, 1.165) is 0 Å². The van der Waals surface area contributed by atoms with Gasteiger partial charge in [0.15, 0.2) is 0 Å². The highest BCUT2D eigenvalue weighted by molar-refractivity contribution is 8.41. The van der Waals surface area contributed by atoms with Crippen LogP contribution in [0.1, 0.15) is 0 Å².